The predicted molar refractivity (Wildman–Crippen MR) is 108 cm³/mol. The van der Waals surface area contributed by atoms with E-state index in [0.29, 0.717) is 6.61 Å². The van der Waals surface area contributed by atoms with Crippen LogP contribution in [0.25, 0.3) is 0 Å². The van der Waals surface area contributed by atoms with E-state index >= 15 is 0 Å². The van der Waals surface area contributed by atoms with Gasteiger partial charge in [-0.1, -0.05) is 47.6 Å². The van der Waals surface area contributed by atoms with Crippen molar-refractivity contribution in [3.8, 4) is 5.75 Å². The molecule has 2 aliphatic heterocycles. The van der Waals surface area contributed by atoms with Crippen LogP contribution in [0.2, 0.25) is 0 Å². The lowest BCUT2D eigenvalue weighted by Crippen LogP contribution is -2.41. The van der Waals surface area contributed by atoms with Gasteiger partial charge in [0.25, 0.3) is 0 Å². The van der Waals surface area contributed by atoms with Crippen LogP contribution in [0.3, 0.4) is 0 Å². The molecule has 4 aliphatic rings. The van der Waals surface area contributed by atoms with Gasteiger partial charge in [0.05, 0.1) is 17.5 Å². The molecule has 2 aromatic carbocycles. The quantitative estimate of drug-likeness (QED) is 0.738. The van der Waals surface area contributed by atoms with Crippen molar-refractivity contribution < 1.29 is 19.2 Å². The lowest BCUT2D eigenvalue weighted by Gasteiger charge is -2.30. The van der Waals surface area contributed by atoms with Gasteiger partial charge in [0.2, 0.25) is 11.8 Å². The number of imide groups is 1. The van der Waals surface area contributed by atoms with Crippen molar-refractivity contribution >= 4 is 17.5 Å². The summed E-state index contributed by atoms with van der Waals surface area (Å²) in [6.45, 7) is 0.467. The topological polar surface area (TPSA) is 68.2 Å². The van der Waals surface area contributed by atoms with Gasteiger partial charge in [-0.15, -0.1) is 0 Å². The average molecular weight is 402 g/mol. The Hall–Kier alpha value is -3.15. The monoisotopic (exact) mass is 402 g/mol. The van der Waals surface area contributed by atoms with Crippen LogP contribution in [0.1, 0.15) is 17.5 Å². The second-order valence-corrected chi connectivity index (χ2v) is 8.69. The maximum Gasteiger partial charge on any atom is 0.233 e. The molecule has 6 atom stereocenters. The van der Waals surface area contributed by atoms with Crippen LogP contribution in [0.4, 0.5) is 0 Å². The van der Waals surface area contributed by atoms with E-state index in [2.05, 4.69) is 5.16 Å². The molecule has 0 N–H and O–H groups in total. The molecule has 6 rings (SSSR count). The third-order valence-corrected chi connectivity index (χ3v) is 7.31. The van der Waals surface area contributed by atoms with E-state index in [9.17, 15) is 9.59 Å². The molecule has 0 aromatic heterocycles. The zero-order chi connectivity index (χ0) is 20.4. The Bertz CT molecular complexity index is 1070. The number of rotatable bonds is 4. The predicted octanol–water partition coefficient (Wildman–Crippen LogP) is 2.87. The van der Waals surface area contributed by atoms with Crippen molar-refractivity contribution in [2.75, 3.05) is 7.05 Å². The number of ether oxygens (including phenoxy) is 1. The zero-order valence-electron chi connectivity index (χ0n) is 16.6. The third kappa shape index (κ3) is 2.33. The number of oxime groups is 1. The van der Waals surface area contributed by atoms with Gasteiger partial charge < -0.3 is 9.57 Å². The van der Waals surface area contributed by atoms with E-state index < -0.39 is 0 Å². The Morgan fingerprint density at radius 2 is 1.67 bits per heavy atom. The Kier molecular flexibility index (Phi) is 3.79. The number of likely N-dealkylation sites (tertiary alicyclic amines) is 1. The van der Waals surface area contributed by atoms with Crippen molar-refractivity contribution in [3.05, 3.63) is 65.7 Å². The number of benzene rings is 2. The number of hydrogen-bond donors (Lipinski definition) is 0. The molecule has 2 heterocycles. The maximum atomic E-state index is 12.7. The fourth-order valence-electron chi connectivity index (χ4n) is 6.04. The largest absolute Gasteiger partial charge is 0.488 e. The molecule has 2 aromatic rings. The van der Waals surface area contributed by atoms with E-state index in [4.69, 9.17) is 9.57 Å². The zero-order valence-corrected chi connectivity index (χ0v) is 16.6. The summed E-state index contributed by atoms with van der Waals surface area (Å²) in [4.78, 5) is 32.5. The van der Waals surface area contributed by atoms with Crippen LogP contribution in [0.15, 0.2) is 59.8 Å². The fraction of sp³-hybridized carbons (Fsp3) is 0.375. The third-order valence-electron chi connectivity index (χ3n) is 7.31. The molecule has 152 valence electrons. The summed E-state index contributed by atoms with van der Waals surface area (Å²) in [5, 5.41) is 4.44. The minimum atomic E-state index is -0.243. The Balaban J connectivity index is 1.30. The van der Waals surface area contributed by atoms with Gasteiger partial charge >= 0.3 is 0 Å². The maximum absolute atomic E-state index is 12.7. The minimum Gasteiger partial charge on any atom is -0.488 e. The van der Waals surface area contributed by atoms with Gasteiger partial charge in [-0.25, -0.2) is 0 Å². The van der Waals surface area contributed by atoms with Gasteiger partial charge in [-0.2, -0.15) is 0 Å². The molecule has 2 bridgehead atoms. The lowest BCUT2D eigenvalue weighted by atomic mass is 9.71. The summed E-state index contributed by atoms with van der Waals surface area (Å²) < 4.78 is 6.14. The van der Waals surface area contributed by atoms with E-state index in [1.165, 1.54) is 4.90 Å². The summed E-state index contributed by atoms with van der Waals surface area (Å²) in [5.41, 5.74) is 2.86. The van der Waals surface area contributed by atoms with Crippen molar-refractivity contribution in [2.45, 2.75) is 19.1 Å². The summed E-state index contributed by atoms with van der Waals surface area (Å²) >= 11 is 0. The molecule has 3 fully saturated rings. The van der Waals surface area contributed by atoms with Crippen LogP contribution in [-0.2, 0) is 21.0 Å². The smallest absolute Gasteiger partial charge is 0.233 e. The second-order valence-electron chi connectivity index (χ2n) is 8.69. The molecular formula is C24H22N2O4. The fourth-order valence-corrected chi connectivity index (χ4v) is 6.04. The van der Waals surface area contributed by atoms with Crippen LogP contribution in [0.5, 0.6) is 5.75 Å². The molecule has 6 nitrogen and oxygen atoms in total. The molecule has 2 amide bonds. The van der Waals surface area contributed by atoms with Gasteiger partial charge in [0.15, 0.2) is 0 Å². The molecule has 6 heteroatoms. The van der Waals surface area contributed by atoms with Crippen LogP contribution < -0.4 is 4.74 Å². The first kappa shape index (κ1) is 17.7. The van der Waals surface area contributed by atoms with Gasteiger partial charge in [-0.05, 0) is 30.0 Å². The molecule has 0 radical (unpaired) electrons. The Morgan fingerprint density at radius 3 is 2.47 bits per heavy atom. The first-order chi connectivity index (χ1) is 14.6. The van der Waals surface area contributed by atoms with E-state index in [1.54, 1.807) is 7.05 Å². The summed E-state index contributed by atoms with van der Waals surface area (Å²) in [7, 11) is 1.60. The highest BCUT2D eigenvalue weighted by Crippen LogP contribution is 2.61. The number of amides is 2. The number of nitrogens with zero attached hydrogens (tertiary/aromatic N) is 2. The summed E-state index contributed by atoms with van der Waals surface area (Å²) in [6.07, 6.45) is 0.721. The number of carbonyl (C=O) groups is 2. The van der Waals surface area contributed by atoms with Crippen molar-refractivity contribution in [1.29, 1.82) is 0 Å². The first-order valence-electron chi connectivity index (χ1n) is 10.5. The van der Waals surface area contributed by atoms with Gasteiger partial charge in [-0.3, -0.25) is 14.5 Å². The van der Waals surface area contributed by atoms with Crippen LogP contribution >= 0.6 is 0 Å². The highest BCUT2D eigenvalue weighted by Gasteiger charge is 2.70. The first-order valence-corrected chi connectivity index (χ1v) is 10.5. The SMILES string of the molecule is CN1C(=O)[C@@H]2[C@@H]3C[C@@H]([C@H]4ON=C(c5ccccc5OCc5ccccc5)[C@@H]34)[C@@H]2C1=O. The van der Waals surface area contributed by atoms with Crippen molar-refractivity contribution in [3.63, 3.8) is 0 Å². The molecule has 0 spiro atoms. The summed E-state index contributed by atoms with van der Waals surface area (Å²) in [5.74, 6) is 0.358. The number of carbonyl (C=O) groups excluding carboxylic acids is 2. The normalized spacial score (nSPS) is 33.4. The highest BCUT2D eigenvalue weighted by molar-refractivity contribution is 6.09. The molecule has 0 unspecified atom stereocenters. The van der Waals surface area contributed by atoms with Crippen molar-refractivity contribution in [1.82, 2.24) is 4.90 Å². The molecular weight excluding hydrogens is 380 g/mol. The Morgan fingerprint density at radius 1 is 0.967 bits per heavy atom. The minimum absolute atomic E-state index is 0.0287. The lowest BCUT2D eigenvalue weighted by molar-refractivity contribution is -0.139. The molecule has 30 heavy (non-hydrogen) atoms. The van der Waals surface area contributed by atoms with Gasteiger partial charge in [0, 0.05) is 24.4 Å². The number of para-hydroxylation sites is 1. The Labute approximate surface area is 174 Å². The van der Waals surface area contributed by atoms with Crippen LogP contribution in [0, 0.1) is 29.6 Å². The summed E-state index contributed by atoms with van der Waals surface area (Å²) in [6, 6.07) is 17.9. The van der Waals surface area contributed by atoms with E-state index in [1.807, 2.05) is 54.6 Å². The number of hydrogen-bond acceptors (Lipinski definition) is 5. The highest BCUT2D eigenvalue weighted by atomic mass is 16.6. The molecule has 2 aliphatic carbocycles. The van der Waals surface area contributed by atoms with Crippen LogP contribution in [-0.4, -0.2) is 35.6 Å². The van der Waals surface area contributed by atoms with E-state index in [-0.39, 0.29) is 47.5 Å². The van der Waals surface area contributed by atoms with Crippen molar-refractivity contribution in [2.24, 2.45) is 34.7 Å². The number of fused-ring (bicyclic) bond motifs is 8. The second kappa shape index (κ2) is 6.42. The standard InChI is InChI=1S/C24H22N2O4/c1-26-23(27)18-15-11-16(19(18)24(26)28)22-20(15)21(25-30-22)14-9-5-6-10-17(14)29-12-13-7-3-2-4-8-13/h2-10,15-16,18-20,22H,11-12H2,1H3/t15-,16+,18+,19-,20+,22+/m0/s1. The average Bonchev–Trinajstić information content (AvgIpc) is 3.51. The van der Waals surface area contributed by atoms with E-state index in [0.717, 1.165) is 29.0 Å². The van der Waals surface area contributed by atoms with Gasteiger partial charge in [0.1, 0.15) is 18.5 Å². The molecule has 2 saturated carbocycles. The molecule has 1 saturated heterocycles.